The molecule has 1 heterocycles. The number of aromatic amines is 1. The van der Waals surface area contributed by atoms with Gasteiger partial charge in [0.2, 0.25) is 15.9 Å². The third-order valence-electron chi connectivity index (χ3n) is 4.10. The van der Waals surface area contributed by atoms with Crippen LogP contribution in [0.15, 0.2) is 53.4 Å². The smallest absolute Gasteiger partial charge is 0.240 e. The van der Waals surface area contributed by atoms with Crippen LogP contribution in [-0.2, 0) is 21.2 Å². The average molecular weight is 386 g/mol. The Hall–Kier alpha value is -2.71. The summed E-state index contributed by atoms with van der Waals surface area (Å²) in [6.07, 6.45) is 0.778. The first-order chi connectivity index (χ1) is 12.9. The second-order valence-corrected chi connectivity index (χ2v) is 8.03. The molecule has 0 aliphatic heterocycles. The monoisotopic (exact) mass is 386 g/mol. The molecular weight excluding hydrogens is 364 g/mol. The molecule has 0 bridgehead atoms. The molecule has 1 aromatic heterocycles. The summed E-state index contributed by atoms with van der Waals surface area (Å²) >= 11 is 0. The maximum absolute atomic E-state index is 12.1. The number of carbonyl (C=O) groups excluding carboxylic acids is 1. The van der Waals surface area contributed by atoms with Crippen molar-refractivity contribution >= 4 is 27.0 Å². The lowest BCUT2D eigenvalue weighted by Crippen LogP contribution is -2.34. The Morgan fingerprint density at radius 1 is 1.07 bits per heavy atom. The second-order valence-electron chi connectivity index (χ2n) is 6.26. The van der Waals surface area contributed by atoms with E-state index in [4.69, 9.17) is 0 Å². The first kappa shape index (κ1) is 19.1. The number of hydrogen-bond donors (Lipinski definition) is 3. The highest BCUT2D eigenvalue weighted by Crippen LogP contribution is 2.11. The first-order valence-electron chi connectivity index (χ1n) is 8.71. The van der Waals surface area contributed by atoms with Gasteiger partial charge in [-0.2, -0.15) is 0 Å². The van der Waals surface area contributed by atoms with Gasteiger partial charge in [0.25, 0.3) is 0 Å². The molecule has 0 aliphatic rings. The van der Waals surface area contributed by atoms with Crippen LogP contribution in [0.25, 0.3) is 11.0 Å². The minimum Gasteiger partial charge on any atom is -0.355 e. The molecule has 0 saturated heterocycles. The summed E-state index contributed by atoms with van der Waals surface area (Å²) in [6, 6.07) is 14.3. The summed E-state index contributed by atoms with van der Waals surface area (Å²) in [4.78, 5) is 19.7. The average Bonchev–Trinajstić information content (AvgIpc) is 3.07. The van der Waals surface area contributed by atoms with Gasteiger partial charge in [-0.3, -0.25) is 4.79 Å². The van der Waals surface area contributed by atoms with Gasteiger partial charge in [0, 0.05) is 25.9 Å². The van der Waals surface area contributed by atoms with E-state index in [9.17, 15) is 13.2 Å². The molecule has 0 atom stereocenters. The molecule has 2 aromatic carbocycles. The van der Waals surface area contributed by atoms with E-state index >= 15 is 0 Å². The largest absolute Gasteiger partial charge is 0.355 e. The normalized spacial score (nSPS) is 11.6. The third-order valence-corrected chi connectivity index (χ3v) is 5.57. The summed E-state index contributed by atoms with van der Waals surface area (Å²) in [5.41, 5.74) is 2.81. The van der Waals surface area contributed by atoms with Crippen molar-refractivity contribution in [1.29, 1.82) is 0 Å². The summed E-state index contributed by atoms with van der Waals surface area (Å²) in [6.45, 7) is 2.25. The first-order valence-corrected chi connectivity index (χ1v) is 10.2. The Labute approximate surface area is 158 Å². The number of nitrogens with zero attached hydrogens (tertiary/aromatic N) is 1. The van der Waals surface area contributed by atoms with Crippen LogP contribution in [0.3, 0.4) is 0 Å². The SMILES string of the molecule is Cc1ccc(S(=O)(=O)NCCNC(=O)CCc2nc3ccccc3[nH]2)cc1. The van der Waals surface area contributed by atoms with Crippen LogP contribution >= 0.6 is 0 Å². The molecule has 0 spiro atoms. The predicted molar refractivity (Wildman–Crippen MR) is 104 cm³/mol. The Morgan fingerprint density at radius 2 is 1.81 bits per heavy atom. The number of aryl methyl sites for hydroxylation is 2. The number of benzene rings is 2. The fourth-order valence-electron chi connectivity index (χ4n) is 2.63. The van der Waals surface area contributed by atoms with Crippen LogP contribution < -0.4 is 10.0 Å². The number of sulfonamides is 1. The van der Waals surface area contributed by atoms with Crippen LogP contribution in [0.2, 0.25) is 0 Å². The van der Waals surface area contributed by atoms with E-state index in [1.165, 1.54) is 0 Å². The molecule has 0 aliphatic carbocycles. The van der Waals surface area contributed by atoms with Crippen molar-refractivity contribution in [2.24, 2.45) is 0 Å². The Balaban J connectivity index is 1.41. The van der Waals surface area contributed by atoms with Gasteiger partial charge in [-0.05, 0) is 31.2 Å². The standard InChI is InChI=1S/C19H22N4O3S/c1-14-6-8-15(9-7-14)27(25,26)21-13-12-20-19(24)11-10-18-22-16-4-2-3-5-17(16)23-18/h2-9,21H,10-13H2,1H3,(H,20,24)(H,22,23). The fraction of sp³-hybridized carbons (Fsp3) is 0.263. The molecule has 27 heavy (non-hydrogen) atoms. The van der Waals surface area contributed by atoms with Crippen LogP contribution in [0.4, 0.5) is 0 Å². The van der Waals surface area contributed by atoms with Gasteiger partial charge in [-0.1, -0.05) is 29.8 Å². The lowest BCUT2D eigenvalue weighted by Gasteiger charge is -2.08. The van der Waals surface area contributed by atoms with E-state index in [2.05, 4.69) is 20.0 Å². The van der Waals surface area contributed by atoms with Gasteiger partial charge in [0.15, 0.2) is 0 Å². The van der Waals surface area contributed by atoms with E-state index in [1.807, 2.05) is 31.2 Å². The molecule has 0 saturated carbocycles. The zero-order chi connectivity index (χ0) is 19.3. The van der Waals surface area contributed by atoms with Crippen LogP contribution in [0.5, 0.6) is 0 Å². The number of imidazole rings is 1. The Kier molecular flexibility index (Phi) is 5.88. The maximum Gasteiger partial charge on any atom is 0.240 e. The molecule has 3 rings (SSSR count). The Morgan fingerprint density at radius 3 is 2.56 bits per heavy atom. The minimum absolute atomic E-state index is 0.132. The number of aromatic nitrogens is 2. The van der Waals surface area contributed by atoms with Gasteiger partial charge < -0.3 is 10.3 Å². The minimum atomic E-state index is -3.56. The van der Waals surface area contributed by atoms with Crippen molar-refractivity contribution in [2.45, 2.75) is 24.7 Å². The molecule has 1 amide bonds. The van der Waals surface area contributed by atoms with E-state index in [1.54, 1.807) is 24.3 Å². The fourth-order valence-corrected chi connectivity index (χ4v) is 3.66. The molecule has 3 N–H and O–H groups in total. The highest BCUT2D eigenvalue weighted by atomic mass is 32.2. The van der Waals surface area contributed by atoms with Crippen LogP contribution in [0.1, 0.15) is 17.8 Å². The predicted octanol–water partition coefficient (Wildman–Crippen LogP) is 1.90. The summed E-state index contributed by atoms with van der Waals surface area (Å²) in [5, 5.41) is 2.71. The number of para-hydroxylation sites is 2. The summed E-state index contributed by atoms with van der Waals surface area (Å²) < 4.78 is 26.8. The number of hydrogen-bond acceptors (Lipinski definition) is 4. The molecule has 0 unspecified atom stereocenters. The number of H-pyrrole nitrogens is 1. The second kappa shape index (κ2) is 8.32. The van der Waals surface area contributed by atoms with Crippen molar-refractivity contribution in [3.63, 3.8) is 0 Å². The highest BCUT2D eigenvalue weighted by Gasteiger charge is 2.13. The molecule has 3 aromatic rings. The zero-order valence-corrected chi connectivity index (χ0v) is 15.8. The molecular formula is C19H22N4O3S. The van der Waals surface area contributed by atoms with E-state index in [0.717, 1.165) is 22.4 Å². The summed E-state index contributed by atoms with van der Waals surface area (Å²) in [5.74, 6) is 0.608. The number of carbonyl (C=O) groups is 1. The number of rotatable bonds is 8. The van der Waals surface area contributed by atoms with Gasteiger partial charge in [0.1, 0.15) is 5.82 Å². The van der Waals surface area contributed by atoms with Crippen LogP contribution in [0, 0.1) is 6.92 Å². The van der Waals surface area contributed by atoms with E-state index in [-0.39, 0.29) is 30.3 Å². The Bertz CT molecular complexity index is 994. The number of amides is 1. The van der Waals surface area contributed by atoms with Gasteiger partial charge >= 0.3 is 0 Å². The number of fused-ring (bicyclic) bond motifs is 1. The summed E-state index contributed by atoms with van der Waals surface area (Å²) in [7, 11) is -3.56. The molecule has 0 fully saturated rings. The topological polar surface area (TPSA) is 104 Å². The quantitative estimate of drug-likeness (QED) is 0.514. The van der Waals surface area contributed by atoms with Crippen molar-refractivity contribution < 1.29 is 13.2 Å². The van der Waals surface area contributed by atoms with Gasteiger partial charge in [0.05, 0.1) is 15.9 Å². The highest BCUT2D eigenvalue weighted by molar-refractivity contribution is 7.89. The van der Waals surface area contributed by atoms with Crippen molar-refractivity contribution in [2.75, 3.05) is 13.1 Å². The zero-order valence-electron chi connectivity index (χ0n) is 15.0. The third kappa shape index (κ3) is 5.15. The van der Waals surface area contributed by atoms with E-state index < -0.39 is 10.0 Å². The van der Waals surface area contributed by atoms with E-state index in [0.29, 0.717) is 6.42 Å². The molecule has 0 radical (unpaired) electrons. The molecule has 142 valence electrons. The molecule has 8 heteroatoms. The lowest BCUT2D eigenvalue weighted by atomic mass is 10.2. The van der Waals surface area contributed by atoms with Gasteiger partial charge in [-0.25, -0.2) is 18.1 Å². The maximum atomic E-state index is 12.1. The molecule has 7 nitrogen and oxygen atoms in total. The lowest BCUT2D eigenvalue weighted by molar-refractivity contribution is -0.121. The number of nitrogens with one attached hydrogen (secondary N) is 3. The van der Waals surface area contributed by atoms with Crippen molar-refractivity contribution in [3.8, 4) is 0 Å². The van der Waals surface area contributed by atoms with Crippen molar-refractivity contribution in [1.82, 2.24) is 20.0 Å². The van der Waals surface area contributed by atoms with Crippen molar-refractivity contribution in [3.05, 3.63) is 59.9 Å². The van der Waals surface area contributed by atoms with Crippen LogP contribution in [-0.4, -0.2) is 37.4 Å². The van der Waals surface area contributed by atoms with Gasteiger partial charge in [-0.15, -0.1) is 0 Å².